The predicted molar refractivity (Wildman–Crippen MR) is 77.4 cm³/mol. The summed E-state index contributed by atoms with van der Waals surface area (Å²) in [6.45, 7) is 5.65. The highest BCUT2D eigenvalue weighted by molar-refractivity contribution is 5.77. The summed E-state index contributed by atoms with van der Waals surface area (Å²) >= 11 is 0. The summed E-state index contributed by atoms with van der Waals surface area (Å²) in [7, 11) is 0. The molecule has 0 amide bonds. The number of aromatic nitrogens is 2. The average Bonchev–Trinajstić information content (AvgIpc) is 2.54. The molecule has 0 saturated heterocycles. The van der Waals surface area contributed by atoms with E-state index in [0.717, 1.165) is 24.5 Å². The smallest absolute Gasteiger partial charge is 0.111 e. The Kier molecular flexibility index (Phi) is 2.62. The van der Waals surface area contributed by atoms with Crippen LogP contribution in [-0.2, 0) is 13.0 Å². The van der Waals surface area contributed by atoms with Crippen molar-refractivity contribution in [1.29, 1.82) is 0 Å². The molecule has 0 spiro atoms. The SMILES string of the molecule is Cc1ccc2nc3n(c2c1)CCN(C1CCC1)CC3. The van der Waals surface area contributed by atoms with Gasteiger partial charge in [-0.1, -0.05) is 12.5 Å². The number of hydrogen-bond donors (Lipinski definition) is 0. The zero-order valence-corrected chi connectivity index (χ0v) is 11.6. The lowest BCUT2D eigenvalue weighted by atomic mass is 9.91. The van der Waals surface area contributed by atoms with E-state index in [1.54, 1.807) is 0 Å². The number of fused-ring (bicyclic) bond motifs is 3. The van der Waals surface area contributed by atoms with Gasteiger partial charge >= 0.3 is 0 Å². The fourth-order valence-corrected chi connectivity index (χ4v) is 3.42. The van der Waals surface area contributed by atoms with Crippen molar-refractivity contribution in [3.05, 3.63) is 29.6 Å². The van der Waals surface area contributed by atoms with E-state index in [1.165, 1.54) is 49.3 Å². The molecule has 19 heavy (non-hydrogen) atoms. The molecule has 0 bridgehead atoms. The number of rotatable bonds is 1. The van der Waals surface area contributed by atoms with Gasteiger partial charge in [-0.05, 0) is 37.5 Å². The highest BCUT2D eigenvalue weighted by Gasteiger charge is 2.27. The fourth-order valence-electron chi connectivity index (χ4n) is 3.42. The Balaban J connectivity index is 1.67. The standard InChI is InChI=1S/C16H21N3/c1-12-5-6-14-15(11-12)19-10-9-18(13-3-2-4-13)8-7-16(19)17-14/h5-6,11,13H,2-4,7-10H2,1H3. The van der Waals surface area contributed by atoms with Crippen molar-refractivity contribution < 1.29 is 0 Å². The molecule has 3 nitrogen and oxygen atoms in total. The molecular weight excluding hydrogens is 234 g/mol. The van der Waals surface area contributed by atoms with Gasteiger partial charge in [0.25, 0.3) is 0 Å². The van der Waals surface area contributed by atoms with Gasteiger partial charge in [0.15, 0.2) is 0 Å². The molecule has 1 aromatic heterocycles. The van der Waals surface area contributed by atoms with Crippen LogP contribution in [0.4, 0.5) is 0 Å². The minimum atomic E-state index is 0.859. The molecule has 1 aromatic carbocycles. The summed E-state index contributed by atoms with van der Waals surface area (Å²) in [5.74, 6) is 1.28. The van der Waals surface area contributed by atoms with Gasteiger partial charge in [-0.25, -0.2) is 4.98 Å². The van der Waals surface area contributed by atoms with Crippen molar-refractivity contribution in [3.8, 4) is 0 Å². The van der Waals surface area contributed by atoms with Gasteiger partial charge < -0.3 is 4.57 Å². The van der Waals surface area contributed by atoms with Crippen LogP contribution in [0.2, 0.25) is 0 Å². The second-order valence-corrected chi connectivity index (χ2v) is 6.04. The molecule has 0 N–H and O–H groups in total. The van der Waals surface area contributed by atoms with E-state index in [2.05, 4.69) is 34.6 Å². The van der Waals surface area contributed by atoms with Crippen LogP contribution < -0.4 is 0 Å². The Hall–Kier alpha value is -1.35. The van der Waals surface area contributed by atoms with Crippen LogP contribution >= 0.6 is 0 Å². The van der Waals surface area contributed by atoms with Gasteiger partial charge in [0, 0.05) is 32.1 Å². The van der Waals surface area contributed by atoms with E-state index in [4.69, 9.17) is 4.98 Å². The van der Waals surface area contributed by atoms with Gasteiger partial charge in [-0.3, -0.25) is 4.90 Å². The number of nitrogens with zero attached hydrogens (tertiary/aromatic N) is 3. The van der Waals surface area contributed by atoms with E-state index in [-0.39, 0.29) is 0 Å². The molecule has 100 valence electrons. The molecule has 3 heteroatoms. The minimum absolute atomic E-state index is 0.859. The molecule has 1 aliphatic carbocycles. The van der Waals surface area contributed by atoms with Gasteiger partial charge in [0.2, 0.25) is 0 Å². The molecule has 0 radical (unpaired) electrons. The topological polar surface area (TPSA) is 21.1 Å². The lowest BCUT2D eigenvalue weighted by Crippen LogP contribution is -2.41. The van der Waals surface area contributed by atoms with Crippen molar-refractivity contribution in [2.75, 3.05) is 13.1 Å². The van der Waals surface area contributed by atoms with E-state index in [1.807, 2.05) is 0 Å². The van der Waals surface area contributed by atoms with Crippen LogP contribution in [0.1, 0.15) is 30.7 Å². The zero-order chi connectivity index (χ0) is 12.8. The Morgan fingerprint density at radius 1 is 1.16 bits per heavy atom. The fraction of sp³-hybridized carbons (Fsp3) is 0.562. The first-order valence-electron chi connectivity index (χ1n) is 7.51. The van der Waals surface area contributed by atoms with Crippen LogP contribution in [-0.4, -0.2) is 33.6 Å². The molecular formula is C16H21N3. The second kappa shape index (κ2) is 4.34. The zero-order valence-electron chi connectivity index (χ0n) is 11.6. The summed E-state index contributed by atoms with van der Waals surface area (Å²) < 4.78 is 2.45. The molecule has 0 atom stereocenters. The molecule has 1 saturated carbocycles. The lowest BCUT2D eigenvalue weighted by Gasteiger charge is -2.36. The summed E-state index contributed by atoms with van der Waals surface area (Å²) in [6, 6.07) is 7.47. The van der Waals surface area contributed by atoms with Gasteiger partial charge in [0.1, 0.15) is 5.82 Å². The van der Waals surface area contributed by atoms with Crippen LogP contribution in [0.3, 0.4) is 0 Å². The summed E-state index contributed by atoms with van der Waals surface area (Å²) in [5, 5.41) is 0. The maximum absolute atomic E-state index is 4.83. The number of imidazole rings is 1. The normalized spacial score (nSPS) is 21.1. The highest BCUT2D eigenvalue weighted by atomic mass is 15.2. The maximum Gasteiger partial charge on any atom is 0.111 e. The first kappa shape index (κ1) is 11.5. The third-order valence-corrected chi connectivity index (χ3v) is 4.81. The van der Waals surface area contributed by atoms with Gasteiger partial charge in [0.05, 0.1) is 11.0 Å². The third kappa shape index (κ3) is 1.88. The molecule has 0 unspecified atom stereocenters. The first-order chi connectivity index (χ1) is 9.31. The van der Waals surface area contributed by atoms with E-state index in [9.17, 15) is 0 Å². The Labute approximate surface area is 114 Å². The van der Waals surface area contributed by atoms with Crippen molar-refractivity contribution in [2.24, 2.45) is 0 Å². The van der Waals surface area contributed by atoms with Crippen molar-refractivity contribution in [2.45, 2.75) is 45.2 Å². The number of hydrogen-bond acceptors (Lipinski definition) is 2. The molecule has 2 aromatic rings. The van der Waals surface area contributed by atoms with E-state index < -0.39 is 0 Å². The quantitative estimate of drug-likeness (QED) is 0.781. The number of aryl methyl sites for hydroxylation is 1. The Bertz CT molecular complexity index is 610. The van der Waals surface area contributed by atoms with Crippen LogP contribution in [0.5, 0.6) is 0 Å². The van der Waals surface area contributed by atoms with E-state index in [0.29, 0.717) is 0 Å². The molecule has 1 fully saturated rings. The third-order valence-electron chi connectivity index (χ3n) is 4.81. The molecule has 4 rings (SSSR count). The summed E-state index contributed by atoms with van der Waals surface area (Å²) in [6.07, 6.45) is 5.34. The molecule has 1 aliphatic heterocycles. The van der Waals surface area contributed by atoms with Crippen molar-refractivity contribution >= 4 is 11.0 Å². The second-order valence-electron chi connectivity index (χ2n) is 6.04. The predicted octanol–water partition coefficient (Wildman–Crippen LogP) is 2.76. The van der Waals surface area contributed by atoms with E-state index >= 15 is 0 Å². The Morgan fingerprint density at radius 2 is 2.05 bits per heavy atom. The first-order valence-corrected chi connectivity index (χ1v) is 7.51. The van der Waals surface area contributed by atoms with Crippen LogP contribution in [0, 0.1) is 6.92 Å². The maximum atomic E-state index is 4.83. The highest BCUT2D eigenvalue weighted by Crippen LogP contribution is 2.27. The largest absolute Gasteiger partial charge is 0.327 e. The summed E-state index contributed by atoms with van der Waals surface area (Å²) in [4.78, 5) is 7.51. The monoisotopic (exact) mass is 255 g/mol. The van der Waals surface area contributed by atoms with Crippen molar-refractivity contribution in [3.63, 3.8) is 0 Å². The Morgan fingerprint density at radius 3 is 2.84 bits per heavy atom. The average molecular weight is 255 g/mol. The van der Waals surface area contributed by atoms with Gasteiger partial charge in [-0.2, -0.15) is 0 Å². The minimum Gasteiger partial charge on any atom is -0.327 e. The molecule has 2 aliphatic rings. The van der Waals surface area contributed by atoms with Gasteiger partial charge in [-0.15, -0.1) is 0 Å². The summed E-state index contributed by atoms with van der Waals surface area (Å²) in [5.41, 5.74) is 3.82. The molecule has 2 heterocycles. The lowest BCUT2D eigenvalue weighted by molar-refractivity contribution is 0.130. The van der Waals surface area contributed by atoms with Crippen molar-refractivity contribution in [1.82, 2.24) is 14.5 Å². The number of benzene rings is 1. The van der Waals surface area contributed by atoms with Crippen LogP contribution in [0.15, 0.2) is 18.2 Å². The van der Waals surface area contributed by atoms with Crippen LogP contribution in [0.25, 0.3) is 11.0 Å².